The van der Waals surface area contributed by atoms with Crippen molar-refractivity contribution in [3.8, 4) is 11.6 Å². The molecule has 0 aromatic carbocycles. The number of thiocarbonyl (C=S) groups is 1. The molecule has 0 aliphatic heterocycles. The Morgan fingerprint density at radius 3 is 2.59 bits per heavy atom. The van der Waals surface area contributed by atoms with E-state index >= 15 is 0 Å². The van der Waals surface area contributed by atoms with Crippen molar-refractivity contribution in [2.75, 3.05) is 26.6 Å². The number of aliphatic hydroxyl groups is 1. The van der Waals surface area contributed by atoms with Crippen LogP contribution in [-0.4, -0.2) is 42.7 Å². The molecule has 1 unspecified atom stereocenters. The molecular weight excluding hydrogens is 244 g/mol. The Bertz CT molecular complexity index is 400. The number of ether oxygens (including phenoxy) is 3. The second-order valence-electron chi connectivity index (χ2n) is 2.99. The summed E-state index contributed by atoms with van der Waals surface area (Å²) in [7, 11) is 4.35. The lowest BCUT2D eigenvalue weighted by Gasteiger charge is -2.13. The fraction of sp³-hybridized carbons (Fsp3) is 0.400. The van der Waals surface area contributed by atoms with E-state index in [1.54, 1.807) is 12.1 Å². The first-order chi connectivity index (χ1) is 8.12. The number of methoxy groups -OCH3 is 3. The van der Waals surface area contributed by atoms with Crippen LogP contribution in [-0.2, 0) is 4.74 Å². The lowest BCUT2D eigenvalue weighted by molar-refractivity contribution is -0.0181. The first kappa shape index (κ1) is 13.6. The van der Waals surface area contributed by atoms with Gasteiger partial charge in [0.2, 0.25) is 6.29 Å². The van der Waals surface area contributed by atoms with Crippen LogP contribution in [0.25, 0.3) is 0 Å². The van der Waals surface area contributed by atoms with E-state index in [1.807, 2.05) is 0 Å². The van der Waals surface area contributed by atoms with Crippen LogP contribution >= 0.6 is 12.2 Å². The molecule has 0 fully saturated rings. The third-order valence-electron chi connectivity index (χ3n) is 1.94. The van der Waals surface area contributed by atoms with Crippen molar-refractivity contribution >= 4 is 23.0 Å². The highest BCUT2D eigenvalue weighted by Gasteiger charge is 2.12. The fourth-order valence-electron chi connectivity index (χ4n) is 1.09. The summed E-state index contributed by atoms with van der Waals surface area (Å²) in [6, 6.07) is 3.33. The van der Waals surface area contributed by atoms with E-state index in [4.69, 9.17) is 21.7 Å². The van der Waals surface area contributed by atoms with E-state index in [0.717, 1.165) is 0 Å². The minimum absolute atomic E-state index is 0.118. The van der Waals surface area contributed by atoms with Gasteiger partial charge in [-0.05, 0) is 12.1 Å². The van der Waals surface area contributed by atoms with Crippen LogP contribution < -0.4 is 14.8 Å². The summed E-state index contributed by atoms with van der Waals surface area (Å²) < 4.78 is 14.7. The average molecular weight is 258 g/mol. The maximum Gasteiger partial charge on any atom is 0.258 e. The van der Waals surface area contributed by atoms with E-state index in [2.05, 4.69) is 15.0 Å². The zero-order chi connectivity index (χ0) is 12.8. The van der Waals surface area contributed by atoms with Crippen molar-refractivity contribution in [1.29, 1.82) is 0 Å². The van der Waals surface area contributed by atoms with Crippen molar-refractivity contribution in [3.05, 3.63) is 12.1 Å². The molecule has 0 bridgehead atoms. The average Bonchev–Trinajstić information content (AvgIpc) is 2.37. The molecule has 1 heterocycles. The highest BCUT2D eigenvalue weighted by molar-refractivity contribution is 7.80. The van der Waals surface area contributed by atoms with Crippen LogP contribution in [0.5, 0.6) is 11.6 Å². The van der Waals surface area contributed by atoms with Gasteiger partial charge < -0.3 is 24.6 Å². The quantitative estimate of drug-likeness (QED) is 0.598. The van der Waals surface area contributed by atoms with Gasteiger partial charge in [-0.25, -0.2) is 0 Å². The number of anilines is 1. The topological polar surface area (TPSA) is 72.8 Å². The molecule has 7 heteroatoms. The highest BCUT2D eigenvalue weighted by atomic mass is 32.1. The van der Waals surface area contributed by atoms with Crippen molar-refractivity contribution in [3.63, 3.8) is 0 Å². The number of aromatic nitrogens is 1. The van der Waals surface area contributed by atoms with Gasteiger partial charge in [0.15, 0.2) is 5.75 Å². The molecular formula is C10H14N2O4S. The molecule has 1 rings (SSSR count). The van der Waals surface area contributed by atoms with Crippen molar-refractivity contribution < 1.29 is 19.3 Å². The molecule has 1 aromatic heterocycles. The monoisotopic (exact) mass is 258 g/mol. The van der Waals surface area contributed by atoms with Crippen LogP contribution in [0.1, 0.15) is 0 Å². The third-order valence-corrected chi connectivity index (χ3v) is 2.24. The lowest BCUT2D eigenvalue weighted by atomic mass is 10.4. The van der Waals surface area contributed by atoms with Gasteiger partial charge in [-0.3, -0.25) is 0 Å². The van der Waals surface area contributed by atoms with Crippen molar-refractivity contribution in [2.45, 2.75) is 6.29 Å². The van der Waals surface area contributed by atoms with Crippen LogP contribution in [0.3, 0.4) is 0 Å². The number of nitrogens with one attached hydrogen (secondary N) is 1. The first-order valence-electron chi connectivity index (χ1n) is 4.73. The first-order valence-corrected chi connectivity index (χ1v) is 5.14. The predicted octanol–water partition coefficient (Wildman–Crippen LogP) is 0.803. The highest BCUT2D eigenvalue weighted by Crippen LogP contribution is 2.25. The molecule has 0 spiro atoms. The number of rotatable bonds is 5. The smallest absolute Gasteiger partial charge is 0.258 e. The Kier molecular flexibility index (Phi) is 5.08. The van der Waals surface area contributed by atoms with Gasteiger partial charge >= 0.3 is 0 Å². The molecule has 1 aromatic rings. The maximum absolute atomic E-state index is 9.31. The summed E-state index contributed by atoms with van der Waals surface area (Å²) in [5, 5.41) is 12.0. The molecule has 2 N–H and O–H groups in total. The molecule has 0 amide bonds. The van der Waals surface area contributed by atoms with Gasteiger partial charge in [-0.15, -0.1) is 0 Å². The number of hydrogen-bond donors (Lipinski definition) is 2. The largest absolute Gasteiger partial charge is 0.491 e. The van der Waals surface area contributed by atoms with Crippen molar-refractivity contribution in [2.24, 2.45) is 0 Å². The minimum atomic E-state index is -1.17. The molecule has 0 saturated heterocycles. The summed E-state index contributed by atoms with van der Waals surface area (Å²) in [4.78, 5) is 4.22. The Labute approximate surface area is 105 Å². The fourth-order valence-corrected chi connectivity index (χ4v) is 1.29. The lowest BCUT2D eigenvalue weighted by Crippen LogP contribution is -2.27. The van der Waals surface area contributed by atoms with E-state index in [9.17, 15) is 5.11 Å². The van der Waals surface area contributed by atoms with Gasteiger partial charge in [-0.2, -0.15) is 4.98 Å². The van der Waals surface area contributed by atoms with E-state index < -0.39 is 6.29 Å². The standard InChI is InChI=1S/C10H14N2O4S/c1-14-6-4-5-7(11-8(6)15-2)12-9(17)10(13)16-3/h4-5,10,13H,1-3H3,(H,11,12,17). The van der Waals surface area contributed by atoms with Gasteiger partial charge in [0, 0.05) is 7.11 Å². The van der Waals surface area contributed by atoms with E-state index in [-0.39, 0.29) is 4.99 Å². The zero-order valence-corrected chi connectivity index (χ0v) is 10.6. The SMILES string of the molecule is COc1ccc(NC(=S)C(O)OC)nc1OC. The molecule has 94 valence electrons. The summed E-state index contributed by atoms with van der Waals surface area (Å²) in [6.07, 6.45) is -1.17. The van der Waals surface area contributed by atoms with Gasteiger partial charge in [0.25, 0.3) is 5.88 Å². The molecule has 0 radical (unpaired) electrons. The third kappa shape index (κ3) is 3.52. The van der Waals surface area contributed by atoms with Crippen LogP contribution in [0.15, 0.2) is 12.1 Å². The van der Waals surface area contributed by atoms with Gasteiger partial charge in [-0.1, -0.05) is 12.2 Å². The van der Waals surface area contributed by atoms with E-state index in [1.165, 1.54) is 21.3 Å². The molecule has 0 aliphatic carbocycles. The van der Waals surface area contributed by atoms with Gasteiger partial charge in [0.1, 0.15) is 10.8 Å². The van der Waals surface area contributed by atoms with E-state index in [0.29, 0.717) is 17.4 Å². The Balaban J connectivity index is 2.82. The Morgan fingerprint density at radius 2 is 2.06 bits per heavy atom. The number of nitrogens with zero attached hydrogens (tertiary/aromatic N) is 1. The zero-order valence-electron chi connectivity index (χ0n) is 9.76. The minimum Gasteiger partial charge on any atom is -0.491 e. The predicted molar refractivity (Wildman–Crippen MR) is 66.6 cm³/mol. The molecule has 0 saturated carbocycles. The summed E-state index contributed by atoms with van der Waals surface area (Å²) in [6.45, 7) is 0. The van der Waals surface area contributed by atoms with Crippen LogP contribution in [0, 0.1) is 0 Å². The normalized spacial score (nSPS) is 11.8. The second kappa shape index (κ2) is 6.33. The second-order valence-corrected chi connectivity index (χ2v) is 3.43. The van der Waals surface area contributed by atoms with Gasteiger partial charge in [0.05, 0.1) is 14.2 Å². The molecule has 17 heavy (non-hydrogen) atoms. The Hall–Kier alpha value is -1.44. The van der Waals surface area contributed by atoms with Crippen LogP contribution in [0.4, 0.5) is 5.82 Å². The maximum atomic E-state index is 9.31. The molecule has 6 nitrogen and oxygen atoms in total. The number of hydrogen-bond acceptors (Lipinski definition) is 6. The number of pyridine rings is 1. The van der Waals surface area contributed by atoms with Crippen molar-refractivity contribution in [1.82, 2.24) is 4.98 Å². The van der Waals surface area contributed by atoms with Crippen LogP contribution in [0.2, 0.25) is 0 Å². The molecule has 1 atom stereocenters. The number of aliphatic hydroxyl groups excluding tert-OH is 1. The Morgan fingerprint density at radius 1 is 1.35 bits per heavy atom. The molecule has 0 aliphatic rings. The summed E-state index contributed by atoms with van der Waals surface area (Å²) in [5.41, 5.74) is 0. The summed E-state index contributed by atoms with van der Waals surface area (Å²) >= 11 is 4.90. The summed E-state index contributed by atoms with van der Waals surface area (Å²) in [5.74, 6) is 1.27.